The zero-order valence-corrected chi connectivity index (χ0v) is 12.7. The highest BCUT2D eigenvalue weighted by Gasteiger charge is 2.47. The van der Waals surface area contributed by atoms with E-state index in [-0.39, 0.29) is 0 Å². The topological polar surface area (TPSA) is 52.0 Å². The predicted octanol–water partition coefficient (Wildman–Crippen LogP) is 5.39. The first-order valence-corrected chi connectivity index (χ1v) is 6.60. The molecule has 0 spiro atoms. The summed E-state index contributed by atoms with van der Waals surface area (Å²) in [6.07, 6.45) is -12.2. The Balaban J connectivity index is 3.28. The standard InChI is InChI=1S/C14H4F12N2/c15-5-1(3(13(21,22)23)7(17)11(27)9(5)19)2-4(14(24,25)26)8(18)12(28)10(20)6(2)16/h27-28H2. The number of hydrogen-bond donors (Lipinski definition) is 2. The summed E-state index contributed by atoms with van der Waals surface area (Å²) in [4.78, 5) is 0. The average Bonchev–Trinajstić information content (AvgIpc) is 2.55. The van der Waals surface area contributed by atoms with Crippen molar-refractivity contribution in [2.24, 2.45) is 0 Å². The lowest BCUT2D eigenvalue weighted by Gasteiger charge is -2.22. The quantitative estimate of drug-likeness (QED) is 0.364. The second-order valence-electron chi connectivity index (χ2n) is 5.21. The first-order valence-electron chi connectivity index (χ1n) is 6.60. The summed E-state index contributed by atoms with van der Waals surface area (Å²) in [6.45, 7) is 0. The Labute approximate surface area is 146 Å². The molecule has 4 N–H and O–H groups in total. The van der Waals surface area contributed by atoms with E-state index in [2.05, 4.69) is 11.5 Å². The summed E-state index contributed by atoms with van der Waals surface area (Å²) in [6, 6.07) is 0. The van der Waals surface area contributed by atoms with Crippen molar-refractivity contribution in [2.75, 3.05) is 11.5 Å². The van der Waals surface area contributed by atoms with Crippen molar-refractivity contribution in [2.45, 2.75) is 12.4 Å². The van der Waals surface area contributed by atoms with Gasteiger partial charge in [0, 0.05) is 11.1 Å². The van der Waals surface area contributed by atoms with Crippen LogP contribution in [0.5, 0.6) is 0 Å². The van der Waals surface area contributed by atoms with Crippen LogP contribution in [0.1, 0.15) is 11.1 Å². The molecular formula is C14H4F12N2. The van der Waals surface area contributed by atoms with E-state index in [1.165, 1.54) is 0 Å². The van der Waals surface area contributed by atoms with Crippen LogP contribution < -0.4 is 11.5 Å². The summed E-state index contributed by atoms with van der Waals surface area (Å²) in [5, 5.41) is 0. The molecule has 0 heterocycles. The molecule has 0 saturated carbocycles. The third-order valence-electron chi connectivity index (χ3n) is 3.53. The highest BCUT2D eigenvalue weighted by molar-refractivity contribution is 5.78. The molecule has 0 radical (unpaired) electrons. The number of hydrogen-bond acceptors (Lipinski definition) is 2. The molecule has 0 saturated heterocycles. The zero-order valence-electron chi connectivity index (χ0n) is 12.7. The molecule has 0 aliphatic carbocycles. The van der Waals surface area contributed by atoms with Crippen molar-refractivity contribution < 1.29 is 52.7 Å². The first kappa shape index (κ1) is 21.5. The van der Waals surface area contributed by atoms with Gasteiger partial charge in [-0.25, -0.2) is 26.3 Å². The second kappa shape index (κ2) is 6.38. The SMILES string of the molecule is Nc1c(F)c(F)c(-c2c(F)c(F)c(N)c(F)c2C(F)(F)F)c(C(F)(F)F)c1F. The van der Waals surface area contributed by atoms with Gasteiger partial charge in [0.25, 0.3) is 0 Å². The maximum atomic E-state index is 14.1. The number of nitrogens with two attached hydrogens (primary N) is 2. The van der Waals surface area contributed by atoms with Gasteiger partial charge in [-0.1, -0.05) is 0 Å². The van der Waals surface area contributed by atoms with E-state index in [1.807, 2.05) is 0 Å². The molecule has 28 heavy (non-hydrogen) atoms. The van der Waals surface area contributed by atoms with Crippen LogP contribution in [0.3, 0.4) is 0 Å². The largest absolute Gasteiger partial charge is 0.420 e. The maximum Gasteiger partial charge on any atom is 0.420 e. The van der Waals surface area contributed by atoms with Gasteiger partial charge in [-0.3, -0.25) is 0 Å². The zero-order chi connectivity index (χ0) is 21.9. The summed E-state index contributed by atoms with van der Waals surface area (Å²) in [7, 11) is 0. The summed E-state index contributed by atoms with van der Waals surface area (Å²) in [5.74, 6) is -16.7. The van der Waals surface area contributed by atoms with Gasteiger partial charge in [0.2, 0.25) is 0 Å². The second-order valence-corrected chi connectivity index (χ2v) is 5.21. The monoisotopic (exact) mass is 428 g/mol. The van der Waals surface area contributed by atoms with Gasteiger partial charge in [-0.2, -0.15) is 26.3 Å². The third kappa shape index (κ3) is 3.05. The number of benzene rings is 2. The van der Waals surface area contributed by atoms with Crippen molar-refractivity contribution in [1.29, 1.82) is 0 Å². The molecule has 0 amide bonds. The Kier molecular flexibility index (Phi) is 4.90. The molecule has 0 bridgehead atoms. The lowest BCUT2D eigenvalue weighted by Crippen LogP contribution is -2.20. The Bertz CT molecular complexity index is 895. The van der Waals surface area contributed by atoms with E-state index in [1.54, 1.807) is 0 Å². The van der Waals surface area contributed by atoms with Crippen LogP contribution in [0.25, 0.3) is 11.1 Å². The van der Waals surface area contributed by atoms with Crippen molar-refractivity contribution >= 4 is 11.4 Å². The minimum absolute atomic E-state index is 2.10. The highest BCUT2D eigenvalue weighted by Crippen LogP contribution is 2.49. The summed E-state index contributed by atoms with van der Waals surface area (Å²) >= 11 is 0. The number of anilines is 2. The minimum atomic E-state index is -6.08. The Hall–Kier alpha value is -2.80. The van der Waals surface area contributed by atoms with Crippen LogP contribution in [-0.4, -0.2) is 0 Å². The average molecular weight is 428 g/mol. The fourth-order valence-corrected chi connectivity index (χ4v) is 2.36. The normalized spacial score (nSPS) is 12.6. The van der Waals surface area contributed by atoms with Gasteiger partial charge in [0.05, 0.1) is 0 Å². The van der Waals surface area contributed by atoms with E-state index in [4.69, 9.17) is 0 Å². The molecule has 2 aromatic carbocycles. The summed E-state index contributed by atoms with van der Waals surface area (Å²) in [5.41, 5.74) is -6.53. The van der Waals surface area contributed by atoms with Gasteiger partial charge in [-0.15, -0.1) is 0 Å². The number of nitrogen functional groups attached to an aromatic ring is 2. The van der Waals surface area contributed by atoms with E-state index in [0.29, 0.717) is 0 Å². The summed E-state index contributed by atoms with van der Waals surface area (Å²) < 4.78 is 162. The van der Waals surface area contributed by atoms with Gasteiger partial charge in [0.1, 0.15) is 22.5 Å². The molecule has 2 rings (SSSR count). The smallest absolute Gasteiger partial charge is 0.394 e. The van der Waals surface area contributed by atoms with E-state index in [9.17, 15) is 52.7 Å². The van der Waals surface area contributed by atoms with Crippen LogP contribution in [0, 0.1) is 34.9 Å². The van der Waals surface area contributed by atoms with Crippen molar-refractivity contribution in [3.05, 3.63) is 46.0 Å². The highest BCUT2D eigenvalue weighted by atomic mass is 19.4. The van der Waals surface area contributed by atoms with E-state index >= 15 is 0 Å². The van der Waals surface area contributed by atoms with Crippen molar-refractivity contribution in [3.63, 3.8) is 0 Å². The Morgan fingerprint density at radius 1 is 0.429 bits per heavy atom. The predicted molar refractivity (Wildman–Crippen MR) is 70.5 cm³/mol. The lowest BCUT2D eigenvalue weighted by molar-refractivity contribution is -0.142. The van der Waals surface area contributed by atoms with Gasteiger partial charge in [0.15, 0.2) is 34.9 Å². The molecule has 14 heteroatoms. The van der Waals surface area contributed by atoms with E-state index in [0.717, 1.165) is 0 Å². The van der Waals surface area contributed by atoms with Crippen LogP contribution in [0.4, 0.5) is 64.1 Å². The fourth-order valence-electron chi connectivity index (χ4n) is 2.36. The molecule has 2 aromatic rings. The van der Waals surface area contributed by atoms with Gasteiger partial charge >= 0.3 is 12.4 Å². The van der Waals surface area contributed by atoms with Crippen LogP contribution in [0.15, 0.2) is 0 Å². The number of halogens is 12. The molecule has 0 aliphatic rings. The molecule has 154 valence electrons. The molecular weight excluding hydrogens is 424 g/mol. The van der Waals surface area contributed by atoms with Crippen molar-refractivity contribution in [3.8, 4) is 11.1 Å². The first-order chi connectivity index (χ1) is 12.5. The third-order valence-corrected chi connectivity index (χ3v) is 3.53. The van der Waals surface area contributed by atoms with Crippen LogP contribution in [-0.2, 0) is 12.4 Å². The molecule has 0 fully saturated rings. The van der Waals surface area contributed by atoms with Gasteiger partial charge in [-0.05, 0) is 0 Å². The molecule has 0 aromatic heterocycles. The van der Waals surface area contributed by atoms with Crippen molar-refractivity contribution in [1.82, 2.24) is 0 Å². The lowest BCUT2D eigenvalue weighted by atomic mass is 9.91. The fraction of sp³-hybridized carbons (Fsp3) is 0.143. The molecule has 0 unspecified atom stereocenters. The molecule has 0 atom stereocenters. The van der Waals surface area contributed by atoms with E-state index < -0.39 is 80.9 Å². The van der Waals surface area contributed by atoms with Crippen LogP contribution in [0.2, 0.25) is 0 Å². The molecule has 2 nitrogen and oxygen atoms in total. The Morgan fingerprint density at radius 3 is 0.893 bits per heavy atom. The minimum Gasteiger partial charge on any atom is -0.394 e. The maximum absolute atomic E-state index is 14.1. The van der Waals surface area contributed by atoms with Gasteiger partial charge < -0.3 is 11.5 Å². The Morgan fingerprint density at radius 2 is 0.679 bits per heavy atom. The van der Waals surface area contributed by atoms with Crippen LogP contribution >= 0.6 is 0 Å². The number of rotatable bonds is 1. The number of alkyl halides is 6. The molecule has 0 aliphatic heterocycles.